The van der Waals surface area contributed by atoms with Crippen molar-refractivity contribution in [1.29, 1.82) is 0 Å². The highest BCUT2D eigenvalue weighted by Crippen LogP contribution is 2.38. The zero-order valence-electron chi connectivity index (χ0n) is 13.3. The third kappa shape index (κ3) is 3.28. The lowest BCUT2D eigenvalue weighted by Gasteiger charge is -2.30. The Morgan fingerprint density at radius 2 is 1.91 bits per heavy atom. The molecule has 1 heterocycles. The molecule has 22 heavy (non-hydrogen) atoms. The van der Waals surface area contributed by atoms with E-state index in [2.05, 4.69) is 0 Å². The van der Waals surface area contributed by atoms with Crippen LogP contribution in [0.25, 0.3) is 6.08 Å². The minimum atomic E-state index is -0.333. The summed E-state index contributed by atoms with van der Waals surface area (Å²) in [5, 5.41) is 0. The summed E-state index contributed by atoms with van der Waals surface area (Å²) in [6, 6.07) is 5.48. The Morgan fingerprint density at radius 3 is 2.41 bits per heavy atom. The first-order valence-corrected chi connectivity index (χ1v) is 8.00. The van der Waals surface area contributed by atoms with Gasteiger partial charge < -0.3 is 9.47 Å². The Bertz CT molecular complexity index is 647. The predicted molar refractivity (Wildman–Crippen MR) is 94.3 cm³/mol. The number of thiocarbonyl (C=S) groups is 1. The van der Waals surface area contributed by atoms with Crippen LogP contribution in [0.5, 0.6) is 11.5 Å². The van der Waals surface area contributed by atoms with Crippen LogP contribution in [0.4, 0.5) is 0 Å². The average Bonchev–Trinajstić information content (AvgIpc) is 2.73. The van der Waals surface area contributed by atoms with E-state index in [1.807, 2.05) is 39.0 Å². The molecule has 0 aliphatic carbocycles. The Balaban J connectivity index is 2.39. The van der Waals surface area contributed by atoms with Crippen molar-refractivity contribution >= 4 is 40.3 Å². The summed E-state index contributed by atoms with van der Waals surface area (Å²) in [7, 11) is 3.19. The van der Waals surface area contributed by atoms with E-state index in [0.29, 0.717) is 20.7 Å². The number of amides is 1. The Hall–Kier alpha value is -1.53. The van der Waals surface area contributed by atoms with Gasteiger partial charge in [-0.1, -0.05) is 24.0 Å². The van der Waals surface area contributed by atoms with Gasteiger partial charge in [-0.25, -0.2) is 0 Å². The van der Waals surface area contributed by atoms with Crippen molar-refractivity contribution in [1.82, 2.24) is 4.90 Å². The molecule has 0 N–H and O–H groups in total. The molecule has 1 fully saturated rings. The normalized spacial score (nSPS) is 17.3. The number of rotatable bonds is 3. The van der Waals surface area contributed by atoms with E-state index < -0.39 is 0 Å². The fourth-order valence-electron chi connectivity index (χ4n) is 2.13. The molecule has 0 unspecified atom stereocenters. The van der Waals surface area contributed by atoms with Crippen molar-refractivity contribution < 1.29 is 14.3 Å². The summed E-state index contributed by atoms with van der Waals surface area (Å²) >= 11 is 6.65. The van der Waals surface area contributed by atoms with Gasteiger partial charge in [-0.2, -0.15) is 0 Å². The van der Waals surface area contributed by atoms with Crippen molar-refractivity contribution in [3.8, 4) is 11.5 Å². The van der Waals surface area contributed by atoms with Gasteiger partial charge in [-0.3, -0.25) is 9.69 Å². The van der Waals surface area contributed by atoms with Crippen LogP contribution in [0.1, 0.15) is 26.3 Å². The van der Waals surface area contributed by atoms with Crippen LogP contribution in [0.2, 0.25) is 0 Å². The smallest absolute Gasteiger partial charge is 0.266 e. The third-order valence-electron chi connectivity index (χ3n) is 3.19. The number of benzene rings is 1. The maximum atomic E-state index is 12.6. The first-order valence-electron chi connectivity index (χ1n) is 6.78. The van der Waals surface area contributed by atoms with Gasteiger partial charge in [0.1, 0.15) is 15.8 Å². The van der Waals surface area contributed by atoms with Crippen LogP contribution >= 0.6 is 24.0 Å². The number of hydrogen-bond acceptors (Lipinski definition) is 5. The van der Waals surface area contributed by atoms with Gasteiger partial charge in [0.2, 0.25) is 0 Å². The van der Waals surface area contributed by atoms with Crippen LogP contribution in [0.3, 0.4) is 0 Å². The van der Waals surface area contributed by atoms with E-state index in [4.69, 9.17) is 21.7 Å². The van der Waals surface area contributed by atoms with Crippen LogP contribution in [-0.4, -0.2) is 34.9 Å². The van der Waals surface area contributed by atoms with Crippen LogP contribution < -0.4 is 9.47 Å². The maximum absolute atomic E-state index is 12.6. The maximum Gasteiger partial charge on any atom is 0.266 e. The average molecular weight is 337 g/mol. The van der Waals surface area contributed by atoms with Gasteiger partial charge in [0, 0.05) is 17.2 Å². The number of hydrogen-bond donors (Lipinski definition) is 0. The number of methoxy groups -OCH3 is 2. The lowest BCUT2D eigenvalue weighted by atomic mass is 10.1. The van der Waals surface area contributed by atoms with Crippen molar-refractivity contribution in [3.63, 3.8) is 0 Å². The zero-order chi connectivity index (χ0) is 16.5. The van der Waals surface area contributed by atoms with Crippen LogP contribution in [0.15, 0.2) is 23.1 Å². The number of thioether (sulfide) groups is 1. The molecule has 4 nitrogen and oxygen atoms in total. The standard InChI is InChI=1S/C16H19NO3S2/c1-16(2,3)17-14(18)13(22-15(17)21)8-10-6-7-11(19-4)9-12(10)20-5/h6-9H,1-5H3/b13-8-. The topological polar surface area (TPSA) is 38.8 Å². The molecule has 1 aliphatic heterocycles. The molecule has 0 spiro atoms. The second-order valence-corrected chi connectivity index (χ2v) is 7.47. The monoisotopic (exact) mass is 337 g/mol. The number of ether oxygens (including phenoxy) is 2. The molecule has 6 heteroatoms. The van der Waals surface area contributed by atoms with Gasteiger partial charge in [0.15, 0.2) is 0 Å². The summed E-state index contributed by atoms with van der Waals surface area (Å²) in [4.78, 5) is 14.8. The molecular weight excluding hydrogens is 318 g/mol. The summed E-state index contributed by atoms with van der Waals surface area (Å²) < 4.78 is 11.1. The van der Waals surface area contributed by atoms with Gasteiger partial charge >= 0.3 is 0 Å². The summed E-state index contributed by atoms with van der Waals surface area (Å²) in [5.41, 5.74) is 0.485. The molecule has 0 saturated carbocycles. The summed E-state index contributed by atoms with van der Waals surface area (Å²) in [6.45, 7) is 5.90. The molecule has 1 saturated heterocycles. The van der Waals surface area contributed by atoms with Gasteiger partial charge in [0.05, 0.1) is 19.1 Å². The fraction of sp³-hybridized carbons (Fsp3) is 0.375. The molecule has 118 valence electrons. The second kappa shape index (κ2) is 6.30. The Morgan fingerprint density at radius 1 is 1.23 bits per heavy atom. The Labute approximate surface area is 140 Å². The highest BCUT2D eigenvalue weighted by atomic mass is 32.2. The fourth-order valence-corrected chi connectivity index (χ4v) is 3.75. The van der Waals surface area contributed by atoms with Crippen LogP contribution in [-0.2, 0) is 4.79 Å². The quantitative estimate of drug-likeness (QED) is 0.621. The van der Waals surface area contributed by atoms with Crippen LogP contribution in [0, 0.1) is 0 Å². The van der Waals surface area contributed by atoms with Crippen molar-refractivity contribution in [3.05, 3.63) is 28.7 Å². The summed E-state index contributed by atoms with van der Waals surface area (Å²) in [6.07, 6.45) is 1.81. The minimum Gasteiger partial charge on any atom is -0.497 e. The highest BCUT2D eigenvalue weighted by Gasteiger charge is 2.39. The number of nitrogens with zero attached hydrogens (tertiary/aromatic N) is 1. The summed E-state index contributed by atoms with van der Waals surface area (Å²) in [5.74, 6) is 1.29. The molecule has 0 bridgehead atoms. The molecule has 0 radical (unpaired) electrons. The van der Waals surface area contributed by atoms with Gasteiger partial charge in [-0.05, 0) is 39.0 Å². The van der Waals surface area contributed by atoms with E-state index >= 15 is 0 Å². The second-order valence-electron chi connectivity index (χ2n) is 5.80. The lowest BCUT2D eigenvalue weighted by molar-refractivity contribution is -0.125. The first kappa shape index (κ1) is 16.8. The molecule has 1 aromatic rings. The van der Waals surface area contributed by atoms with E-state index in [1.54, 1.807) is 25.2 Å². The zero-order valence-corrected chi connectivity index (χ0v) is 14.9. The largest absolute Gasteiger partial charge is 0.497 e. The molecule has 1 aliphatic rings. The SMILES string of the molecule is COc1ccc(/C=C2\SC(=S)N(C(C)(C)C)C2=O)c(OC)c1. The van der Waals surface area contributed by atoms with E-state index in [9.17, 15) is 4.79 Å². The predicted octanol–water partition coefficient (Wildman–Crippen LogP) is 3.70. The molecule has 0 atom stereocenters. The molecular formula is C16H19NO3S2. The Kier molecular flexibility index (Phi) is 4.82. The van der Waals surface area contributed by atoms with Crippen molar-refractivity contribution in [2.24, 2.45) is 0 Å². The highest BCUT2D eigenvalue weighted by molar-refractivity contribution is 8.26. The van der Waals surface area contributed by atoms with Gasteiger partial charge in [0.25, 0.3) is 5.91 Å². The molecule has 0 aromatic heterocycles. The molecule has 1 amide bonds. The van der Waals surface area contributed by atoms with Crippen molar-refractivity contribution in [2.45, 2.75) is 26.3 Å². The first-order chi connectivity index (χ1) is 10.3. The minimum absolute atomic E-state index is 0.0691. The van der Waals surface area contributed by atoms with E-state index in [0.717, 1.165) is 5.56 Å². The van der Waals surface area contributed by atoms with E-state index in [1.165, 1.54) is 11.8 Å². The lowest BCUT2D eigenvalue weighted by Crippen LogP contribution is -2.44. The molecule has 2 rings (SSSR count). The number of carbonyl (C=O) groups excluding carboxylic acids is 1. The van der Waals surface area contributed by atoms with Crippen molar-refractivity contribution in [2.75, 3.05) is 14.2 Å². The number of carbonyl (C=O) groups is 1. The molecule has 1 aromatic carbocycles. The van der Waals surface area contributed by atoms with Gasteiger partial charge in [-0.15, -0.1) is 0 Å². The third-order valence-corrected chi connectivity index (χ3v) is 4.49. The van der Waals surface area contributed by atoms with E-state index in [-0.39, 0.29) is 11.4 Å².